The summed E-state index contributed by atoms with van der Waals surface area (Å²) in [6.07, 6.45) is 4.38. The van der Waals surface area contributed by atoms with Gasteiger partial charge in [-0.1, -0.05) is 37.3 Å². The van der Waals surface area contributed by atoms with E-state index in [1.165, 1.54) is 7.11 Å². The molecule has 1 aliphatic carbocycles. The van der Waals surface area contributed by atoms with Crippen LogP contribution in [0.5, 0.6) is 0 Å². The minimum atomic E-state index is -1.70. The molecule has 4 rings (SSSR count). The summed E-state index contributed by atoms with van der Waals surface area (Å²) >= 11 is 0. The molecule has 3 aliphatic rings. The first-order valence-electron chi connectivity index (χ1n) is 8.92. The van der Waals surface area contributed by atoms with E-state index in [-0.39, 0.29) is 17.0 Å². The van der Waals surface area contributed by atoms with Crippen molar-refractivity contribution in [2.45, 2.75) is 26.0 Å². The third-order valence-electron chi connectivity index (χ3n) is 5.69. The SMILES string of the molecule is CC/C=C/N1C(C)=C(C(=O)OC)[C@]23C(=O)c4ccccc4[C@]12OC(N)=C3C#N. The van der Waals surface area contributed by atoms with E-state index in [2.05, 4.69) is 0 Å². The van der Waals surface area contributed by atoms with Gasteiger partial charge in [0.15, 0.2) is 11.2 Å². The van der Waals surface area contributed by atoms with Gasteiger partial charge in [0, 0.05) is 23.0 Å². The van der Waals surface area contributed by atoms with Gasteiger partial charge in [0.25, 0.3) is 0 Å². The van der Waals surface area contributed by atoms with Crippen LogP contribution in [0.4, 0.5) is 0 Å². The molecule has 0 amide bonds. The predicted octanol–water partition coefficient (Wildman–Crippen LogP) is 2.43. The lowest BCUT2D eigenvalue weighted by molar-refractivity contribution is -0.139. The van der Waals surface area contributed by atoms with Gasteiger partial charge in [0.2, 0.25) is 11.6 Å². The minimum Gasteiger partial charge on any atom is -0.466 e. The van der Waals surface area contributed by atoms with E-state index in [9.17, 15) is 14.9 Å². The lowest BCUT2D eigenvalue weighted by atomic mass is 9.69. The van der Waals surface area contributed by atoms with Crippen molar-refractivity contribution in [1.29, 1.82) is 5.26 Å². The molecule has 2 N–H and O–H groups in total. The van der Waals surface area contributed by atoms with Crippen LogP contribution >= 0.6 is 0 Å². The normalized spacial score (nSPS) is 27.6. The van der Waals surface area contributed by atoms with Gasteiger partial charge in [-0.3, -0.25) is 4.79 Å². The van der Waals surface area contributed by atoms with Crippen molar-refractivity contribution in [3.63, 3.8) is 0 Å². The Morgan fingerprint density at radius 2 is 2.14 bits per heavy atom. The molecule has 0 spiro atoms. The zero-order valence-electron chi connectivity index (χ0n) is 15.8. The van der Waals surface area contributed by atoms with Gasteiger partial charge in [-0.15, -0.1) is 0 Å². The number of carbonyl (C=O) groups excluding carboxylic acids is 2. The molecular weight excluding hydrogens is 358 g/mol. The van der Waals surface area contributed by atoms with E-state index in [4.69, 9.17) is 15.2 Å². The molecular formula is C21H19N3O4. The second-order valence-electron chi connectivity index (χ2n) is 6.84. The van der Waals surface area contributed by atoms with Crippen molar-refractivity contribution in [2.75, 3.05) is 7.11 Å². The van der Waals surface area contributed by atoms with Gasteiger partial charge in [-0.2, -0.15) is 5.26 Å². The highest BCUT2D eigenvalue weighted by Gasteiger charge is 2.80. The summed E-state index contributed by atoms with van der Waals surface area (Å²) in [4.78, 5) is 28.4. The number of allylic oxidation sites excluding steroid dienone is 2. The molecule has 1 aromatic carbocycles. The summed E-state index contributed by atoms with van der Waals surface area (Å²) in [5.74, 6) is -1.25. The van der Waals surface area contributed by atoms with Gasteiger partial charge < -0.3 is 20.1 Å². The number of esters is 1. The van der Waals surface area contributed by atoms with Gasteiger partial charge >= 0.3 is 5.97 Å². The number of ether oxygens (including phenoxy) is 2. The van der Waals surface area contributed by atoms with Crippen molar-refractivity contribution >= 4 is 11.8 Å². The molecule has 2 atom stereocenters. The number of nitrogens with zero attached hydrogens (tertiary/aromatic N) is 2. The summed E-state index contributed by atoms with van der Waals surface area (Å²) in [6, 6.07) is 8.99. The molecule has 7 heteroatoms. The first-order chi connectivity index (χ1) is 13.4. The number of rotatable bonds is 3. The van der Waals surface area contributed by atoms with Crippen LogP contribution in [0.3, 0.4) is 0 Å². The fraction of sp³-hybridized carbons (Fsp3) is 0.286. The quantitative estimate of drug-likeness (QED) is 0.807. The van der Waals surface area contributed by atoms with E-state index in [1.807, 2.05) is 19.1 Å². The van der Waals surface area contributed by atoms with Crippen molar-refractivity contribution in [1.82, 2.24) is 4.90 Å². The van der Waals surface area contributed by atoms with Crippen LogP contribution in [-0.4, -0.2) is 23.8 Å². The van der Waals surface area contributed by atoms with Crippen LogP contribution in [0.25, 0.3) is 0 Å². The minimum absolute atomic E-state index is 0.0687. The molecule has 0 aromatic heterocycles. The Kier molecular flexibility index (Phi) is 3.66. The molecule has 1 aromatic rings. The number of Topliss-reactive ketones (excluding diaryl/α,β-unsaturated/α-hetero) is 1. The van der Waals surface area contributed by atoms with Crippen LogP contribution in [-0.2, 0) is 20.0 Å². The Bertz CT molecular complexity index is 1060. The smallest absolute Gasteiger partial charge is 0.337 e. The van der Waals surface area contributed by atoms with E-state index in [1.54, 1.807) is 42.3 Å². The van der Waals surface area contributed by atoms with Gasteiger partial charge in [0.05, 0.1) is 12.7 Å². The van der Waals surface area contributed by atoms with Crippen LogP contribution in [0.15, 0.2) is 59.3 Å². The average molecular weight is 377 g/mol. The zero-order valence-corrected chi connectivity index (χ0v) is 15.8. The molecule has 7 nitrogen and oxygen atoms in total. The lowest BCUT2D eigenvalue weighted by Crippen LogP contribution is -2.50. The second kappa shape index (κ2) is 5.73. The van der Waals surface area contributed by atoms with E-state index in [0.717, 1.165) is 6.42 Å². The molecule has 0 saturated carbocycles. The summed E-state index contributed by atoms with van der Waals surface area (Å²) in [6.45, 7) is 3.68. The maximum absolute atomic E-state index is 13.8. The molecule has 0 bridgehead atoms. The first-order valence-corrected chi connectivity index (χ1v) is 8.92. The fourth-order valence-electron chi connectivity index (χ4n) is 4.71. The highest BCUT2D eigenvalue weighted by atomic mass is 16.5. The number of ketones is 1. The topological polar surface area (TPSA) is 106 Å². The van der Waals surface area contributed by atoms with Gasteiger partial charge in [0.1, 0.15) is 11.6 Å². The molecule has 2 aliphatic heterocycles. The lowest BCUT2D eigenvalue weighted by Gasteiger charge is -2.39. The number of hydrogen-bond acceptors (Lipinski definition) is 7. The Hall–Kier alpha value is -3.53. The number of benzene rings is 1. The number of nitriles is 1. The van der Waals surface area contributed by atoms with E-state index in [0.29, 0.717) is 16.8 Å². The summed E-state index contributed by atoms with van der Waals surface area (Å²) in [5.41, 5.74) is 4.36. The monoisotopic (exact) mass is 377 g/mol. The molecule has 142 valence electrons. The second-order valence-corrected chi connectivity index (χ2v) is 6.84. The summed E-state index contributed by atoms with van der Waals surface area (Å²) in [5, 5.41) is 9.91. The van der Waals surface area contributed by atoms with Gasteiger partial charge in [-0.05, 0) is 13.3 Å². The van der Waals surface area contributed by atoms with Crippen molar-refractivity contribution < 1.29 is 19.1 Å². The van der Waals surface area contributed by atoms with Crippen molar-refractivity contribution in [3.8, 4) is 6.07 Å². The number of carbonyl (C=O) groups is 2. The van der Waals surface area contributed by atoms with Crippen LogP contribution < -0.4 is 5.73 Å². The molecule has 0 radical (unpaired) electrons. The fourth-order valence-corrected chi connectivity index (χ4v) is 4.71. The highest BCUT2D eigenvalue weighted by Crippen LogP contribution is 2.70. The third-order valence-corrected chi connectivity index (χ3v) is 5.69. The first kappa shape index (κ1) is 17.9. The van der Waals surface area contributed by atoms with Crippen LogP contribution in [0.2, 0.25) is 0 Å². The van der Waals surface area contributed by atoms with Crippen molar-refractivity contribution in [2.24, 2.45) is 11.1 Å². The maximum Gasteiger partial charge on any atom is 0.337 e. The standard InChI is InChI=1S/C21H19N3O4/c1-4-5-10-24-12(2)16(19(26)27-3)20-15(11-22)18(23)28-21(20,24)14-9-7-6-8-13(14)17(20)25/h5-10H,4,23H2,1-3H3/b10-5+/t20-,21-/m1/s1. The molecule has 0 unspecified atom stereocenters. The highest BCUT2D eigenvalue weighted by molar-refractivity contribution is 6.17. The van der Waals surface area contributed by atoms with E-state index < -0.39 is 22.9 Å². The Labute approximate surface area is 162 Å². The Morgan fingerprint density at radius 1 is 1.43 bits per heavy atom. The maximum atomic E-state index is 13.8. The number of nitrogens with two attached hydrogens (primary N) is 1. The van der Waals surface area contributed by atoms with Crippen molar-refractivity contribution in [3.05, 3.63) is 70.4 Å². The van der Waals surface area contributed by atoms with Gasteiger partial charge in [-0.25, -0.2) is 4.79 Å². The zero-order chi connectivity index (χ0) is 20.3. The number of fused-ring (bicyclic) bond motifs is 1. The van der Waals surface area contributed by atoms with Crippen LogP contribution in [0.1, 0.15) is 36.2 Å². The summed E-state index contributed by atoms with van der Waals surface area (Å²) < 4.78 is 11.1. The number of methoxy groups -OCH3 is 1. The largest absolute Gasteiger partial charge is 0.466 e. The summed E-state index contributed by atoms with van der Waals surface area (Å²) in [7, 11) is 1.24. The Morgan fingerprint density at radius 3 is 2.79 bits per heavy atom. The molecule has 28 heavy (non-hydrogen) atoms. The molecule has 0 saturated heterocycles. The third kappa shape index (κ3) is 1.64. The molecule has 2 heterocycles. The predicted molar refractivity (Wildman–Crippen MR) is 98.8 cm³/mol. The van der Waals surface area contributed by atoms with Crippen LogP contribution in [0, 0.1) is 16.7 Å². The molecule has 0 fully saturated rings. The Balaban J connectivity index is 2.18. The number of hydrogen-bond donors (Lipinski definition) is 1. The van der Waals surface area contributed by atoms with E-state index >= 15 is 0 Å². The average Bonchev–Trinajstić information content (AvgIpc) is 3.16.